The summed E-state index contributed by atoms with van der Waals surface area (Å²) >= 11 is 0. The predicted octanol–water partition coefficient (Wildman–Crippen LogP) is 2.35. The number of carbonyl (C=O) groups excluding carboxylic acids is 1. The van der Waals surface area contributed by atoms with Crippen LogP contribution in [0, 0.1) is 5.92 Å². The molecule has 1 N–H and O–H groups in total. The normalized spacial score (nSPS) is 15.3. The zero-order valence-electron chi connectivity index (χ0n) is 9.89. The van der Waals surface area contributed by atoms with Crippen molar-refractivity contribution in [2.75, 3.05) is 0 Å². The zero-order valence-corrected chi connectivity index (χ0v) is 9.89. The van der Waals surface area contributed by atoms with Crippen molar-refractivity contribution in [3.8, 4) is 11.5 Å². The lowest BCUT2D eigenvalue weighted by Crippen LogP contribution is -2.34. The van der Waals surface area contributed by atoms with Crippen molar-refractivity contribution in [2.45, 2.75) is 25.8 Å². The zero-order chi connectivity index (χ0) is 12.4. The molecular formula is C13H14N2O3. The second-order valence-electron chi connectivity index (χ2n) is 4.51. The topological polar surface area (TPSA) is 68.3 Å². The molecule has 0 bridgehead atoms. The summed E-state index contributed by atoms with van der Waals surface area (Å²) in [7, 11) is 0. The highest BCUT2D eigenvalue weighted by atomic mass is 16.5. The Morgan fingerprint density at radius 2 is 2.33 bits per heavy atom. The van der Waals surface area contributed by atoms with E-state index in [-0.39, 0.29) is 11.8 Å². The highest BCUT2D eigenvalue weighted by molar-refractivity contribution is 5.79. The van der Waals surface area contributed by atoms with Gasteiger partial charge in [-0.3, -0.25) is 4.79 Å². The molecule has 0 unspecified atom stereocenters. The van der Waals surface area contributed by atoms with E-state index in [0.29, 0.717) is 23.8 Å². The molecule has 1 aliphatic carbocycles. The Hall–Kier alpha value is -2.04. The van der Waals surface area contributed by atoms with Gasteiger partial charge in [-0.1, -0.05) is 11.6 Å². The van der Waals surface area contributed by atoms with E-state index in [0.717, 1.165) is 19.3 Å². The van der Waals surface area contributed by atoms with Gasteiger partial charge in [-0.05, 0) is 25.0 Å². The minimum absolute atomic E-state index is 0.115. The number of hydrogen-bond acceptors (Lipinski definition) is 4. The van der Waals surface area contributed by atoms with Gasteiger partial charge in [0.25, 0.3) is 0 Å². The van der Waals surface area contributed by atoms with Crippen LogP contribution in [0.15, 0.2) is 33.4 Å². The number of nitrogens with zero attached hydrogens (tertiary/aromatic N) is 1. The van der Waals surface area contributed by atoms with Crippen LogP contribution in [-0.2, 0) is 11.3 Å². The maximum Gasteiger partial charge on any atom is 0.223 e. The first kappa shape index (κ1) is 11.1. The van der Waals surface area contributed by atoms with Crippen LogP contribution < -0.4 is 5.32 Å². The van der Waals surface area contributed by atoms with Crippen LogP contribution >= 0.6 is 0 Å². The van der Waals surface area contributed by atoms with E-state index in [4.69, 9.17) is 8.94 Å². The van der Waals surface area contributed by atoms with Gasteiger partial charge in [0.2, 0.25) is 11.7 Å². The van der Waals surface area contributed by atoms with E-state index in [1.807, 2.05) is 0 Å². The van der Waals surface area contributed by atoms with Crippen molar-refractivity contribution < 1.29 is 13.7 Å². The third-order valence-electron chi connectivity index (χ3n) is 3.24. The minimum Gasteiger partial charge on any atom is -0.461 e. The number of nitrogens with one attached hydrogen (secondary N) is 1. The van der Waals surface area contributed by atoms with Crippen LogP contribution in [0.3, 0.4) is 0 Å². The molecule has 1 aliphatic rings. The van der Waals surface area contributed by atoms with Gasteiger partial charge in [0, 0.05) is 12.0 Å². The number of amides is 1. The summed E-state index contributed by atoms with van der Waals surface area (Å²) in [5.74, 6) is 1.53. The van der Waals surface area contributed by atoms with E-state index < -0.39 is 0 Å². The Bertz CT molecular complexity index is 526. The molecule has 0 atom stereocenters. The fraction of sp³-hybridized carbons (Fsp3) is 0.385. The van der Waals surface area contributed by atoms with Gasteiger partial charge >= 0.3 is 0 Å². The molecule has 0 spiro atoms. The van der Waals surface area contributed by atoms with E-state index in [1.54, 1.807) is 24.5 Å². The van der Waals surface area contributed by atoms with E-state index in [1.165, 1.54) is 0 Å². The summed E-state index contributed by atoms with van der Waals surface area (Å²) in [6.07, 6.45) is 4.74. The predicted molar refractivity (Wildman–Crippen MR) is 63.4 cm³/mol. The van der Waals surface area contributed by atoms with Gasteiger partial charge in [0.05, 0.1) is 12.8 Å². The summed E-state index contributed by atoms with van der Waals surface area (Å²) in [4.78, 5) is 11.6. The van der Waals surface area contributed by atoms with Crippen molar-refractivity contribution >= 4 is 5.91 Å². The largest absolute Gasteiger partial charge is 0.461 e. The maximum absolute atomic E-state index is 11.6. The summed E-state index contributed by atoms with van der Waals surface area (Å²) in [6.45, 7) is 0.402. The van der Waals surface area contributed by atoms with Crippen LogP contribution in [0.25, 0.3) is 11.5 Å². The first-order valence-corrected chi connectivity index (χ1v) is 6.10. The fourth-order valence-electron chi connectivity index (χ4n) is 1.92. The second-order valence-corrected chi connectivity index (χ2v) is 4.51. The molecule has 0 saturated heterocycles. The first-order valence-electron chi connectivity index (χ1n) is 6.10. The van der Waals surface area contributed by atoms with Gasteiger partial charge in [-0.15, -0.1) is 0 Å². The van der Waals surface area contributed by atoms with E-state index in [2.05, 4.69) is 10.5 Å². The van der Waals surface area contributed by atoms with Crippen molar-refractivity contribution in [1.29, 1.82) is 0 Å². The third-order valence-corrected chi connectivity index (χ3v) is 3.24. The number of rotatable bonds is 4. The third kappa shape index (κ3) is 2.16. The molecule has 2 aromatic heterocycles. The average Bonchev–Trinajstić information content (AvgIpc) is 2.94. The van der Waals surface area contributed by atoms with Crippen LogP contribution in [0.5, 0.6) is 0 Å². The highest BCUT2D eigenvalue weighted by Crippen LogP contribution is 2.26. The Labute approximate surface area is 104 Å². The van der Waals surface area contributed by atoms with Crippen LogP contribution in [0.2, 0.25) is 0 Å². The van der Waals surface area contributed by atoms with Crippen molar-refractivity contribution in [2.24, 2.45) is 5.92 Å². The number of furan rings is 1. The van der Waals surface area contributed by atoms with Crippen LogP contribution in [0.1, 0.15) is 25.0 Å². The van der Waals surface area contributed by atoms with Gasteiger partial charge in [-0.2, -0.15) is 0 Å². The average molecular weight is 246 g/mol. The van der Waals surface area contributed by atoms with Gasteiger partial charge < -0.3 is 14.3 Å². The number of aromatic nitrogens is 1. The molecule has 0 aliphatic heterocycles. The fourth-order valence-corrected chi connectivity index (χ4v) is 1.92. The molecule has 1 fully saturated rings. The molecular weight excluding hydrogens is 232 g/mol. The Morgan fingerprint density at radius 3 is 3.00 bits per heavy atom. The summed E-state index contributed by atoms with van der Waals surface area (Å²) < 4.78 is 10.3. The maximum atomic E-state index is 11.6. The molecule has 94 valence electrons. The van der Waals surface area contributed by atoms with Crippen molar-refractivity contribution in [3.05, 3.63) is 30.2 Å². The van der Waals surface area contributed by atoms with Gasteiger partial charge in [-0.25, -0.2) is 0 Å². The van der Waals surface area contributed by atoms with Crippen LogP contribution in [-0.4, -0.2) is 11.1 Å². The monoisotopic (exact) mass is 246 g/mol. The molecule has 2 aromatic rings. The minimum atomic E-state index is 0.115. The van der Waals surface area contributed by atoms with Crippen LogP contribution in [0.4, 0.5) is 0 Å². The van der Waals surface area contributed by atoms with Gasteiger partial charge in [0.15, 0.2) is 5.76 Å². The molecule has 5 nitrogen and oxygen atoms in total. The lowest BCUT2D eigenvalue weighted by molar-refractivity contribution is -0.127. The smallest absolute Gasteiger partial charge is 0.223 e. The SMILES string of the molecule is O=C(NCc1cc(-c2ccco2)on1)C1CCC1. The summed E-state index contributed by atoms with van der Waals surface area (Å²) in [5, 5.41) is 6.77. The van der Waals surface area contributed by atoms with E-state index >= 15 is 0 Å². The number of hydrogen-bond donors (Lipinski definition) is 1. The van der Waals surface area contributed by atoms with Gasteiger partial charge in [0.1, 0.15) is 5.69 Å². The molecule has 1 amide bonds. The molecule has 0 radical (unpaired) electrons. The molecule has 3 rings (SSSR count). The Balaban J connectivity index is 1.58. The number of carbonyl (C=O) groups is 1. The summed E-state index contributed by atoms with van der Waals surface area (Å²) in [5.41, 5.74) is 0.703. The Kier molecular flexibility index (Phi) is 2.88. The lowest BCUT2D eigenvalue weighted by Gasteiger charge is -2.23. The quantitative estimate of drug-likeness (QED) is 0.899. The van der Waals surface area contributed by atoms with Crippen molar-refractivity contribution in [1.82, 2.24) is 10.5 Å². The Morgan fingerprint density at radius 1 is 1.44 bits per heavy atom. The highest BCUT2D eigenvalue weighted by Gasteiger charge is 2.24. The lowest BCUT2D eigenvalue weighted by atomic mass is 9.85. The molecule has 18 heavy (non-hydrogen) atoms. The molecule has 5 heteroatoms. The van der Waals surface area contributed by atoms with Crippen molar-refractivity contribution in [3.63, 3.8) is 0 Å². The standard InChI is InChI=1S/C13H14N2O3/c16-13(9-3-1-4-9)14-8-10-7-12(18-15-10)11-5-2-6-17-11/h2,5-7,9H,1,3-4,8H2,(H,14,16). The first-order chi connectivity index (χ1) is 8.83. The summed E-state index contributed by atoms with van der Waals surface area (Å²) in [6, 6.07) is 5.37. The second kappa shape index (κ2) is 4.68. The molecule has 1 saturated carbocycles. The van der Waals surface area contributed by atoms with E-state index in [9.17, 15) is 4.79 Å². The molecule has 2 heterocycles. The molecule has 0 aromatic carbocycles.